The highest BCUT2D eigenvalue weighted by molar-refractivity contribution is 7.16. The summed E-state index contributed by atoms with van der Waals surface area (Å²) in [6.07, 6.45) is 5.46. The third kappa shape index (κ3) is 3.28. The predicted molar refractivity (Wildman–Crippen MR) is 127 cm³/mol. The number of fused-ring (bicyclic) bond motifs is 1. The second-order valence-corrected chi connectivity index (χ2v) is 9.75. The highest BCUT2D eigenvalue weighted by Crippen LogP contribution is 2.50. The second-order valence-electron chi connectivity index (χ2n) is 8.67. The number of allylic oxidation sites excluding steroid dienone is 3. The minimum atomic E-state index is -0.690. The maximum Gasteiger partial charge on any atom is 0.269 e. The van der Waals surface area contributed by atoms with Crippen molar-refractivity contribution >= 4 is 27.8 Å². The van der Waals surface area contributed by atoms with Crippen molar-refractivity contribution in [3.05, 3.63) is 78.6 Å². The first-order chi connectivity index (χ1) is 16.5. The Hall–Kier alpha value is -3.95. The molecule has 2 aliphatic carbocycles. The number of aryl methyl sites for hydroxylation is 1. The number of carbonyl (C=O) groups is 1. The van der Waals surface area contributed by atoms with Crippen molar-refractivity contribution in [2.24, 2.45) is 5.73 Å². The Bertz CT molecular complexity index is 1370. The molecule has 0 radical (unpaired) electrons. The summed E-state index contributed by atoms with van der Waals surface area (Å²) in [6, 6.07) is 10.5. The van der Waals surface area contributed by atoms with Gasteiger partial charge in [0.1, 0.15) is 16.9 Å². The van der Waals surface area contributed by atoms with E-state index in [0.717, 1.165) is 36.9 Å². The van der Waals surface area contributed by atoms with Crippen LogP contribution >= 0.6 is 11.3 Å². The van der Waals surface area contributed by atoms with E-state index in [-0.39, 0.29) is 22.9 Å². The molecule has 1 aromatic carbocycles. The normalized spacial score (nSPS) is 19.9. The van der Waals surface area contributed by atoms with Crippen molar-refractivity contribution in [3.63, 3.8) is 0 Å². The van der Waals surface area contributed by atoms with Crippen LogP contribution in [0.25, 0.3) is 0 Å². The number of nitriles is 2. The van der Waals surface area contributed by atoms with E-state index in [2.05, 4.69) is 12.1 Å². The lowest BCUT2D eigenvalue weighted by Crippen LogP contribution is -2.38. The van der Waals surface area contributed by atoms with Gasteiger partial charge in [0.05, 0.1) is 28.0 Å². The van der Waals surface area contributed by atoms with Crippen LogP contribution in [0.2, 0.25) is 0 Å². The molecule has 2 aromatic rings. The summed E-state index contributed by atoms with van der Waals surface area (Å²) in [6.45, 7) is 0. The second kappa shape index (κ2) is 8.44. The highest BCUT2D eigenvalue weighted by Gasteiger charge is 2.42. The molecule has 5 rings (SSSR count). The molecule has 8 nitrogen and oxygen atoms in total. The first kappa shape index (κ1) is 21.9. The van der Waals surface area contributed by atoms with Gasteiger partial charge in [0.15, 0.2) is 5.78 Å². The Kier molecular flexibility index (Phi) is 5.43. The largest absolute Gasteiger partial charge is 0.384 e. The zero-order valence-corrected chi connectivity index (χ0v) is 19.2. The fourth-order valence-corrected chi connectivity index (χ4v) is 6.64. The van der Waals surface area contributed by atoms with Gasteiger partial charge in [-0.1, -0.05) is 12.1 Å². The molecule has 0 fully saturated rings. The number of nitrogens with two attached hydrogens (primary N) is 1. The summed E-state index contributed by atoms with van der Waals surface area (Å²) >= 11 is 1.53. The average Bonchev–Trinajstić information content (AvgIpc) is 3.21. The third-order valence-corrected chi connectivity index (χ3v) is 8.10. The highest BCUT2D eigenvalue weighted by atomic mass is 32.1. The van der Waals surface area contributed by atoms with Crippen molar-refractivity contribution in [3.8, 4) is 12.1 Å². The molecule has 170 valence electrons. The van der Waals surface area contributed by atoms with Gasteiger partial charge in [-0.2, -0.15) is 10.5 Å². The number of rotatable bonds is 3. The van der Waals surface area contributed by atoms with Gasteiger partial charge < -0.3 is 5.73 Å². The number of Topliss-reactive ketones (excluding diaryl/α,β-unsaturated/α-hetero) is 1. The van der Waals surface area contributed by atoms with Gasteiger partial charge >= 0.3 is 0 Å². The zero-order chi connectivity index (χ0) is 24.0. The molecule has 0 saturated heterocycles. The fraction of sp³-hybridized carbons (Fsp3) is 0.320. The van der Waals surface area contributed by atoms with E-state index >= 15 is 0 Å². The molecule has 0 spiro atoms. The summed E-state index contributed by atoms with van der Waals surface area (Å²) in [7, 11) is 0. The number of carbonyl (C=O) groups excluding carboxylic acids is 1. The Morgan fingerprint density at radius 3 is 2.47 bits per heavy atom. The number of hydrogen-bond donors (Lipinski definition) is 1. The smallest absolute Gasteiger partial charge is 0.269 e. The lowest BCUT2D eigenvalue weighted by Gasteiger charge is -2.39. The Morgan fingerprint density at radius 2 is 1.79 bits per heavy atom. The lowest BCUT2D eigenvalue weighted by molar-refractivity contribution is -0.384. The molecule has 34 heavy (non-hydrogen) atoms. The predicted octanol–water partition coefficient (Wildman–Crippen LogP) is 4.71. The maximum absolute atomic E-state index is 13.3. The van der Waals surface area contributed by atoms with Gasteiger partial charge in [0, 0.05) is 34.7 Å². The number of nitro groups is 1. The Morgan fingerprint density at radius 1 is 1.06 bits per heavy atom. The number of hydrogen-bond acceptors (Lipinski definition) is 8. The first-order valence-corrected chi connectivity index (χ1v) is 12.0. The molecular formula is C25H21N5O3S. The van der Waals surface area contributed by atoms with E-state index in [0.29, 0.717) is 41.0 Å². The van der Waals surface area contributed by atoms with Gasteiger partial charge in [0.2, 0.25) is 0 Å². The number of non-ortho nitro benzene ring substituents is 1. The van der Waals surface area contributed by atoms with Gasteiger partial charge in [-0.3, -0.25) is 19.8 Å². The van der Waals surface area contributed by atoms with Crippen molar-refractivity contribution in [2.45, 2.75) is 50.9 Å². The molecule has 1 aliphatic heterocycles. The van der Waals surface area contributed by atoms with Crippen molar-refractivity contribution in [1.29, 1.82) is 10.5 Å². The minimum Gasteiger partial charge on any atom is -0.384 e. The van der Waals surface area contributed by atoms with E-state index in [1.807, 2.05) is 0 Å². The number of benzene rings is 1. The van der Waals surface area contributed by atoms with Crippen molar-refractivity contribution in [1.82, 2.24) is 0 Å². The van der Waals surface area contributed by atoms with Crippen LogP contribution in [-0.4, -0.2) is 10.7 Å². The molecule has 2 heterocycles. The summed E-state index contributed by atoms with van der Waals surface area (Å²) in [5, 5.41) is 32.0. The summed E-state index contributed by atoms with van der Waals surface area (Å²) in [5.74, 6) is -0.533. The van der Waals surface area contributed by atoms with Crippen LogP contribution in [0.15, 0.2) is 46.9 Å². The number of ketones is 1. The summed E-state index contributed by atoms with van der Waals surface area (Å²) in [4.78, 5) is 26.8. The van der Waals surface area contributed by atoms with E-state index in [1.165, 1.54) is 28.3 Å². The topological polar surface area (TPSA) is 137 Å². The molecule has 2 N–H and O–H groups in total. The number of nitrogens with zero attached hydrogens (tertiary/aromatic N) is 4. The van der Waals surface area contributed by atoms with Gasteiger partial charge in [-0.05, 0) is 49.7 Å². The molecule has 1 atom stereocenters. The Balaban J connectivity index is 1.73. The van der Waals surface area contributed by atoms with Crippen LogP contribution in [0, 0.1) is 32.8 Å². The number of nitro benzene ring substituents is 1. The quantitative estimate of drug-likeness (QED) is 0.505. The molecular weight excluding hydrogens is 450 g/mol. The molecule has 1 aromatic heterocycles. The first-order valence-electron chi connectivity index (χ1n) is 11.2. The van der Waals surface area contributed by atoms with E-state index < -0.39 is 10.8 Å². The summed E-state index contributed by atoms with van der Waals surface area (Å²) < 4.78 is 0. The lowest BCUT2D eigenvalue weighted by atomic mass is 9.75. The Labute approximate surface area is 200 Å². The molecule has 0 amide bonds. The third-order valence-electron chi connectivity index (χ3n) is 6.82. The fourth-order valence-electron chi connectivity index (χ4n) is 5.26. The van der Waals surface area contributed by atoms with Crippen LogP contribution in [0.3, 0.4) is 0 Å². The minimum absolute atomic E-state index is 0.0605. The number of anilines is 1. The van der Waals surface area contributed by atoms with Gasteiger partial charge in [-0.15, -0.1) is 11.3 Å². The SMILES string of the molecule is N#CC1=C(N)N(c2sc3c(c2C#N)CCCC3)C2=C(C(=O)CCC2)[C@@H]1c1ccc([N+](=O)[O-])cc1. The van der Waals surface area contributed by atoms with E-state index in [4.69, 9.17) is 5.73 Å². The van der Waals surface area contributed by atoms with Crippen LogP contribution in [0.5, 0.6) is 0 Å². The molecule has 0 unspecified atom stereocenters. The molecule has 3 aliphatic rings. The zero-order valence-electron chi connectivity index (χ0n) is 18.3. The van der Waals surface area contributed by atoms with Crippen LogP contribution in [0.1, 0.15) is 59.6 Å². The van der Waals surface area contributed by atoms with Crippen LogP contribution in [0.4, 0.5) is 10.7 Å². The van der Waals surface area contributed by atoms with Crippen molar-refractivity contribution < 1.29 is 9.72 Å². The molecule has 0 saturated carbocycles. The van der Waals surface area contributed by atoms with Crippen LogP contribution in [-0.2, 0) is 17.6 Å². The van der Waals surface area contributed by atoms with Crippen molar-refractivity contribution in [2.75, 3.05) is 4.90 Å². The average molecular weight is 472 g/mol. The van der Waals surface area contributed by atoms with Crippen LogP contribution < -0.4 is 10.6 Å². The maximum atomic E-state index is 13.3. The van der Waals surface area contributed by atoms with E-state index in [9.17, 15) is 25.4 Å². The number of thiophene rings is 1. The van der Waals surface area contributed by atoms with Gasteiger partial charge in [-0.25, -0.2) is 0 Å². The summed E-state index contributed by atoms with van der Waals surface area (Å²) in [5.41, 5.74) is 10.3. The van der Waals surface area contributed by atoms with Gasteiger partial charge in [0.25, 0.3) is 5.69 Å². The monoisotopic (exact) mass is 471 g/mol. The molecule has 9 heteroatoms. The molecule has 0 bridgehead atoms. The standard InChI is InChI=1S/C25H21N5O3S/c26-12-17-16-4-1-2-7-21(16)34-25(17)29-19-5-3-6-20(31)23(19)22(18(13-27)24(29)28)14-8-10-15(11-9-14)30(32)33/h8-11,22H,1-7,28H2/t22-/m1/s1. The van der Waals surface area contributed by atoms with E-state index in [1.54, 1.807) is 17.0 Å².